The minimum absolute atomic E-state index is 0.240. The molecule has 1 aliphatic rings. The summed E-state index contributed by atoms with van der Waals surface area (Å²) in [5, 5.41) is -0.236. The van der Waals surface area contributed by atoms with E-state index in [9.17, 15) is 9.59 Å². The van der Waals surface area contributed by atoms with Crippen molar-refractivity contribution in [3.63, 3.8) is 0 Å². The van der Waals surface area contributed by atoms with Crippen LogP contribution in [-0.2, 0) is 11.2 Å². The summed E-state index contributed by atoms with van der Waals surface area (Å²) >= 11 is 10.4. The molecule has 0 unspecified atom stereocenters. The fourth-order valence-corrected chi connectivity index (χ4v) is 4.56. The summed E-state index contributed by atoms with van der Waals surface area (Å²) in [6.45, 7) is 2.40. The van der Waals surface area contributed by atoms with Crippen molar-refractivity contribution in [2.24, 2.45) is 0 Å². The highest BCUT2D eigenvalue weighted by Crippen LogP contribution is 2.39. The molecule has 5 nitrogen and oxygen atoms in total. The lowest BCUT2D eigenvalue weighted by atomic mass is 10.1. The summed E-state index contributed by atoms with van der Waals surface area (Å²) in [6, 6.07) is 10.4. The van der Waals surface area contributed by atoms with Crippen LogP contribution in [0.25, 0.3) is 0 Å². The standard InChI is InChI=1S/C19H17BrClNO4S/c1-3-26-17-14(20)8-11(9-15(17)25-2)10-16-18(23)22(19(24)27-16)13-6-4-12(21)5-7-13/h4-9,16H,3,10H2,1-2H3/t16-/m0/s1. The molecule has 0 N–H and O–H groups in total. The molecule has 1 fully saturated rings. The van der Waals surface area contributed by atoms with E-state index < -0.39 is 5.25 Å². The van der Waals surface area contributed by atoms with E-state index in [1.54, 1.807) is 31.4 Å². The topological polar surface area (TPSA) is 55.8 Å². The molecule has 1 aliphatic heterocycles. The minimum atomic E-state index is -0.497. The molecule has 3 rings (SSSR count). The van der Waals surface area contributed by atoms with E-state index >= 15 is 0 Å². The zero-order valence-electron chi connectivity index (χ0n) is 14.7. The van der Waals surface area contributed by atoms with Crippen molar-refractivity contribution in [1.29, 1.82) is 0 Å². The van der Waals surface area contributed by atoms with Gasteiger partial charge in [-0.05, 0) is 71.2 Å². The van der Waals surface area contributed by atoms with Crippen LogP contribution in [0.1, 0.15) is 12.5 Å². The number of methoxy groups -OCH3 is 1. The number of hydrogen-bond donors (Lipinski definition) is 0. The molecule has 0 aromatic heterocycles. The zero-order valence-corrected chi connectivity index (χ0v) is 17.9. The Bertz CT molecular complexity index is 875. The molecular formula is C19H17BrClNO4S. The van der Waals surface area contributed by atoms with Crippen LogP contribution in [0.15, 0.2) is 40.9 Å². The Labute approximate surface area is 175 Å². The molecule has 0 bridgehead atoms. The Kier molecular flexibility index (Phi) is 6.34. The number of nitrogens with zero attached hydrogens (tertiary/aromatic N) is 1. The highest BCUT2D eigenvalue weighted by molar-refractivity contribution is 9.10. The van der Waals surface area contributed by atoms with Gasteiger partial charge in [-0.15, -0.1) is 0 Å². The van der Waals surface area contributed by atoms with Gasteiger partial charge in [0.1, 0.15) is 0 Å². The SMILES string of the molecule is CCOc1c(Br)cc(C[C@@H]2SC(=O)N(c3ccc(Cl)cc3)C2=O)cc1OC. The number of amides is 2. The molecule has 1 atom stereocenters. The van der Waals surface area contributed by atoms with Crippen LogP contribution in [0.3, 0.4) is 0 Å². The van der Waals surface area contributed by atoms with Crippen molar-refractivity contribution in [3.05, 3.63) is 51.5 Å². The molecule has 0 saturated carbocycles. The molecule has 2 aromatic carbocycles. The summed E-state index contributed by atoms with van der Waals surface area (Å²) in [5.74, 6) is 0.960. The van der Waals surface area contributed by atoms with Crippen molar-refractivity contribution >= 4 is 56.1 Å². The summed E-state index contributed by atoms with van der Waals surface area (Å²) in [6.07, 6.45) is 0.403. The lowest BCUT2D eigenvalue weighted by Crippen LogP contribution is -2.32. The monoisotopic (exact) mass is 469 g/mol. The first kappa shape index (κ1) is 20.0. The van der Waals surface area contributed by atoms with Crippen molar-refractivity contribution in [2.75, 3.05) is 18.6 Å². The van der Waals surface area contributed by atoms with Crippen LogP contribution in [0, 0.1) is 0 Å². The van der Waals surface area contributed by atoms with E-state index in [1.807, 2.05) is 19.1 Å². The molecule has 1 heterocycles. The summed E-state index contributed by atoms with van der Waals surface area (Å²) in [5.41, 5.74) is 1.40. The van der Waals surface area contributed by atoms with Gasteiger partial charge in [-0.25, -0.2) is 4.90 Å². The summed E-state index contributed by atoms with van der Waals surface area (Å²) in [4.78, 5) is 26.4. The largest absolute Gasteiger partial charge is 0.493 e. The maximum atomic E-state index is 12.8. The third kappa shape index (κ3) is 4.25. The van der Waals surface area contributed by atoms with E-state index in [0.717, 1.165) is 21.8 Å². The maximum absolute atomic E-state index is 12.8. The van der Waals surface area contributed by atoms with Gasteiger partial charge in [0.2, 0.25) is 5.91 Å². The van der Waals surface area contributed by atoms with Crippen LogP contribution in [0.4, 0.5) is 10.5 Å². The Morgan fingerprint density at radius 3 is 2.56 bits per heavy atom. The molecule has 0 aliphatic carbocycles. The molecule has 0 radical (unpaired) electrons. The maximum Gasteiger partial charge on any atom is 0.293 e. The van der Waals surface area contributed by atoms with Gasteiger partial charge in [0.05, 0.1) is 29.1 Å². The summed E-state index contributed by atoms with van der Waals surface area (Å²) in [7, 11) is 1.56. The Hall–Kier alpha value is -1.70. The highest BCUT2D eigenvalue weighted by Gasteiger charge is 2.40. The number of anilines is 1. The van der Waals surface area contributed by atoms with Crippen LogP contribution in [-0.4, -0.2) is 30.1 Å². The number of imide groups is 1. The average Bonchev–Trinajstić information content (AvgIpc) is 2.91. The van der Waals surface area contributed by atoms with Crippen LogP contribution in [0.2, 0.25) is 5.02 Å². The fraction of sp³-hybridized carbons (Fsp3) is 0.263. The summed E-state index contributed by atoms with van der Waals surface area (Å²) < 4.78 is 11.7. The predicted molar refractivity (Wildman–Crippen MR) is 111 cm³/mol. The van der Waals surface area contributed by atoms with Gasteiger partial charge in [0, 0.05) is 5.02 Å². The number of benzene rings is 2. The fourth-order valence-electron chi connectivity index (χ4n) is 2.80. The van der Waals surface area contributed by atoms with Gasteiger partial charge < -0.3 is 9.47 Å². The molecule has 142 valence electrons. The van der Waals surface area contributed by atoms with Crippen LogP contribution >= 0.6 is 39.3 Å². The molecule has 2 amide bonds. The Morgan fingerprint density at radius 2 is 1.93 bits per heavy atom. The predicted octanol–water partition coefficient (Wildman–Crippen LogP) is 5.32. The van der Waals surface area contributed by atoms with Crippen LogP contribution < -0.4 is 14.4 Å². The normalized spacial score (nSPS) is 16.7. The van der Waals surface area contributed by atoms with Crippen molar-refractivity contribution in [1.82, 2.24) is 0 Å². The average molecular weight is 471 g/mol. The number of rotatable bonds is 6. The first-order chi connectivity index (χ1) is 12.9. The Morgan fingerprint density at radius 1 is 1.22 bits per heavy atom. The molecule has 2 aromatic rings. The van der Waals surface area contributed by atoms with Gasteiger partial charge in [0.25, 0.3) is 5.24 Å². The first-order valence-electron chi connectivity index (χ1n) is 8.24. The molecule has 1 saturated heterocycles. The minimum Gasteiger partial charge on any atom is -0.493 e. The number of ether oxygens (including phenoxy) is 2. The van der Waals surface area contributed by atoms with Gasteiger partial charge in [-0.3, -0.25) is 9.59 Å². The molecular weight excluding hydrogens is 454 g/mol. The van der Waals surface area contributed by atoms with Gasteiger partial charge in [-0.2, -0.15) is 0 Å². The second kappa shape index (κ2) is 8.54. The van der Waals surface area contributed by atoms with E-state index in [-0.39, 0.29) is 11.1 Å². The first-order valence-corrected chi connectivity index (χ1v) is 10.3. The van der Waals surface area contributed by atoms with Crippen LogP contribution in [0.5, 0.6) is 11.5 Å². The number of carbonyl (C=O) groups is 2. The lowest BCUT2D eigenvalue weighted by molar-refractivity contribution is -0.117. The smallest absolute Gasteiger partial charge is 0.293 e. The van der Waals surface area contributed by atoms with E-state index in [4.69, 9.17) is 21.1 Å². The molecule has 0 spiro atoms. The second-order valence-electron chi connectivity index (χ2n) is 5.77. The highest BCUT2D eigenvalue weighted by atomic mass is 79.9. The second-order valence-corrected chi connectivity index (χ2v) is 8.21. The van der Waals surface area contributed by atoms with Crippen molar-refractivity contribution < 1.29 is 19.1 Å². The van der Waals surface area contributed by atoms with Crippen molar-refractivity contribution in [2.45, 2.75) is 18.6 Å². The third-order valence-corrected chi connectivity index (χ3v) is 5.88. The Balaban J connectivity index is 1.82. The third-order valence-electron chi connectivity index (χ3n) is 4.01. The van der Waals surface area contributed by atoms with Gasteiger partial charge in [0.15, 0.2) is 11.5 Å². The van der Waals surface area contributed by atoms with E-state index in [2.05, 4.69) is 15.9 Å². The van der Waals surface area contributed by atoms with E-state index in [0.29, 0.717) is 35.2 Å². The zero-order chi connectivity index (χ0) is 19.6. The van der Waals surface area contributed by atoms with E-state index in [1.165, 1.54) is 4.90 Å². The quantitative estimate of drug-likeness (QED) is 0.572. The molecule has 8 heteroatoms. The van der Waals surface area contributed by atoms with Crippen molar-refractivity contribution in [3.8, 4) is 11.5 Å². The number of carbonyl (C=O) groups excluding carboxylic acids is 2. The molecule has 27 heavy (non-hydrogen) atoms. The number of thioether (sulfide) groups is 1. The lowest BCUT2D eigenvalue weighted by Gasteiger charge is -2.15. The van der Waals surface area contributed by atoms with Gasteiger partial charge in [-0.1, -0.05) is 23.4 Å². The van der Waals surface area contributed by atoms with Gasteiger partial charge >= 0.3 is 0 Å². The number of hydrogen-bond acceptors (Lipinski definition) is 5. The number of halogens is 2.